The molecule has 0 aromatic heterocycles. The Morgan fingerprint density at radius 1 is 0.773 bits per heavy atom. The van der Waals surface area contributed by atoms with Gasteiger partial charge in [0.15, 0.2) is 0 Å². The first kappa shape index (κ1) is 14.5. The highest BCUT2D eigenvalue weighted by Crippen LogP contribution is 2.22. The number of rotatable bonds is 5. The molecule has 0 spiro atoms. The van der Waals surface area contributed by atoms with Crippen molar-refractivity contribution in [3.8, 4) is 0 Å². The van der Waals surface area contributed by atoms with E-state index in [9.17, 15) is 9.59 Å². The second-order valence-electron chi connectivity index (χ2n) is 5.35. The van der Waals surface area contributed by atoms with E-state index >= 15 is 0 Å². The highest BCUT2D eigenvalue weighted by molar-refractivity contribution is 6.21. The third-order valence-corrected chi connectivity index (χ3v) is 3.93. The summed E-state index contributed by atoms with van der Waals surface area (Å²) in [4.78, 5) is 25.8. The zero-order chi connectivity index (χ0) is 15.5. The predicted molar refractivity (Wildman–Crippen MR) is 82.7 cm³/mol. The molecule has 22 heavy (non-hydrogen) atoms. The van der Waals surface area contributed by atoms with Crippen molar-refractivity contribution in [2.45, 2.75) is 12.8 Å². The van der Waals surface area contributed by atoms with Crippen LogP contribution in [-0.4, -0.2) is 35.0 Å². The van der Waals surface area contributed by atoms with Crippen LogP contribution in [0.1, 0.15) is 31.8 Å². The lowest BCUT2D eigenvalue weighted by Crippen LogP contribution is -2.31. The van der Waals surface area contributed by atoms with Crippen LogP contribution < -0.4 is 0 Å². The van der Waals surface area contributed by atoms with E-state index in [0.29, 0.717) is 30.5 Å². The van der Waals surface area contributed by atoms with Gasteiger partial charge >= 0.3 is 0 Å². The maximum atomic E-state index is 12.2. The lowest BCUT2D eigenvalue weighted by Gasteiger charge is -2.13. The van der Waals surface area contributed by atoms with E-state index in [2.05, 4.69) is 0 Å². The smallest absolute Gasteiger partial charge is 0.261 e. The monoisotopic (exact) mass is 295 g/mol. The van der Waals surface area contributed by atoms with Crippen LogP contribution in [0.2, 0.25) is 0 Å². The Morgan fingerprint density at radius 3 is 1.77 bits per heavy atom. The van der Waals surface area contributed by atoms with Gasteiger partial charge in [0, 0.05) is 13.2 Å². The number of aliphatic hydroxyl groups is 1. The van der Waals surface area contributed by atoms with E-state index in [1.54, 1.807) is 24.3 Å². The highest BCUT2D eigenvalue weighted by Gasteiger charge is 2.34. The summed E-state index contributed by atoms with van der Waals surface area (Å²) >= 11 is 0. The van der Waals surface area contributed by atoms with Crippen LogP contribution in [0, 0.1) is 0 Å². The fourth-order valence-electron chi connectivity index (χ4n) is 2.68. The minimum absolute atomic E-state index is 0.133. The molecule has 3 rings (SSSR count). The molecule has 0 saturated heterocycles. The summed E-state index contributed by atoms with van der Waals surface area (Å²) in [7, 11) is 0. The maximum absolute atomic E-state index is 12.2. The number of carbonyl (C=O) groups excluding carboxylic acids is 2. The van der Waals surface area contributed by atoms with Gasteiger partial charge in [0.2, 0.25) is 0 Å². The molecule has 4 nitrogen and oxygen atoms in total. The average Bonchev–Trinajstić information content (AvgIpc) is 2.79. The minimum atomic E-state index is -0.211. The molecule has 0 radical (unpaired) electrons. The molecule has 0 bridgehead atoms. The van der Waals surface area contributed by atoms with Gasteiger partial charge in [-0.05, 0) is 36.1 Å². The van der Waals surface area contributed by atoms with Gasteiger partial charge in [0.1, 0.15) is 0 Å². The standard InChI is InChI=1S/C18H17NO3/c20-12-10-14-7-5-13(6-8-14)9-11-19-17(21)15-3-1-2-4-16(15)18(19)22/h1-8,20H,9-12H2. The first-order valence-corrected chi connectivity index (χ1v) is 7.34. The molecule has 1 N–H and O–H groups in total. The zero-order valence-electron chi connectivity index (χ0n) is 12.2. The number of carbonyl (C=O) groups is 2. The maximum Gasteiger partial charge on any atom is 0.261 e. The van der Waals surface area contributed by atoms with Crippen LogP contribution in [0.25, 0.3) is 0 Å². The van der Waals surface area contributed by atoms with E-state index in [1.807, 2.05) is 24.3 Å². The molecular weight excluding hydrogens is 278 g/mol. The van der Waals surface area contributed by atoms with Gasteiger partial charge in [-0.1, -0.05) is 36.4 Å². The van der Waals surface area contributed by atoms with Gasteiger partial charge in [0.05, 0.1) is 11.1 Å². The van der Waals surface area contributed by atoms with Crippen molar-refractivity contribution in [2.75, 3.05) is 13.2 Å². The Balaban J connectivity index is 1.67. The van der Waals surface area contributed by atoms with Crippen LogP contribution in [0.15, 0.2) is 48.5 Å². The van der Waals surface area contributed by atoms with Crippen LogP contribution in [0.4, 0.5) is 0 Å². The Hall–Kier alpha value is -2.46. The summed E-state index contributed by atoms with van der Waals surface area (Å²) in [5, 5.41) is 8.90. The van der Waals surface area contributed by atoms with E-state index in [1.165, 1.54) is 4.90 Å². The van der Waals surface area contributed by atoms with E-state index in [0.717, 1.165) is 11.1 Å². The van der Waals surface area contributed by atoms with Crippen LogP contribution >= 0.6 is 0 Å². The van der Waals surface area contributed by atoms with Gasteiger partial charge in [-0.3, -0.25) is 14.5 Å². The van der Waals surface area contributed by atoms with Gasteiger partial charge in [0.25, 0.3) is 11.8 Å². The van der Waals surface area contributed by atoms with Crippen LogP contribution in [-0.2, 0) is 12.8 Å². The quantitative estimate of drug-likeness (QED) is 0.859. The van der Waals surface area contributed by atoms with E-state index in [4.69, 9.17) is 5.11 Å². The Labute approximate surface area is 129 Å². The number of fused-ring (bicyclic) bond motifs is 1. The number of imide groups is 1. The lowest BCUT2D eigenvalue weighted by atomic mass is 10.1. The number of aliphatic hydroxyl groups excluding tert-OH is 1. The molecule has 1 aliphatic rings. The highest BCUT2D eigenvalue weighted by atomic mass is 16.3. The van der Waals surface area contributed by atoms with E-state index < -0.39 is 0 Å². The zero-order valence-corrected chi connectivity index (χ0v) is 12.2. The Morgan fingerprint density at radius 2 is 1.27 bits per heavy atom. The van der Waals surface area contributed by atoms with Crippen molar-refractivity contribution in [2.24, 2.45) is 0 Å². The third kappa shape index (κ3) is 2.65. The van der Waals surface area contributed by atoms with Crippen molar-refractivity contribution < 1.29 is 14.7 Å². The van der Waals surface area contributed by atoms with Crippen molar-refractivity contribution in [3.05, 3.63) is 70.8 Å². The molecule has 1 heterocycles. The number of hydrogen-bond acceptors (Lipinski definition) is 3. The molecule has 0 unspecified atom stereocenters. The molecule has 4 heteroatoms. The number of hydrogen-bond donors (Lipinski definition) is 1. The summed E-state index contributed by atoms with van der Waals surface area (Å²) < 4.78 is 0. The van der Waals surface area contributed by atoms with E-state index in [-0.39, 0.29) is 18.4 Å². The molecule has 0 atom stereocenters. The first-order valence-electron chi connectivity index (χ1n) is 7.34. The normalized spacial score (nSPS) is 13.6. The second-order valence-corrected chi connectivity index (χ2v) is 5.35. The molecule has 2 amide bonds. The second kappa shape index (κ2) is 6.12. The largest absolute Gasteiger partial charge is 0.396 e. The van der Waals surface area contributed by atoms with Gasteiger partial charge in [-0.25, -0.2) is 0 Å². The molecule has 0 fully saturated rings. The fourth-order valence-corrected chi connectivity index (χ4v) is 2.68. The molecular formula is C18H17NO3. The Bertz CT molecular complexity index is 672. The molecule has 1 aliphatic heterocycles. The molecule has 0 aliphatic carbocycles. The fraction of sp³-hybridized carbons (Fsp3) is 0.222. The summed E-state index contributed by atoms with van der Waals surface area (Å²) in [6, 6.07) is 14.8. The Kier molecular flexibility index (Phi) is 4.02. The third-order valence-electron chi connectivity index (χ3n) is 3.93. The summed E-state index contributed by atoms with van der Waals surface area (Å²) in [5.41, 5.74) is 3.13. The minimum Gasteiger partial charge on any atom is -0.396 e. The van der Waals surface area contributed by atoms with Crippen molar-refractivity contribution in [1.82, 2.24) is 4.90 Å². The number of benzene rings is 2. The molecule has 112 valence electrons. The number of amides is 2. The van der Waals surface area contributed by atoms with Crippen LogP contribution in [0.3, 0.4) is 0 Å². The van der Waals surface area contributed by atoms with Crippen molar-refractivity contribution >= 4 is 11.8 Å². The molecule has 0 saturated carbocycles. The summed E-state index contributed by atoms with van der Waals surface area (Å²) in [6.45, 7) is 0.514. The van der Waals surface area contributed by atoms with Gasteiger partial charge < -0.3 is 5.11 Å². The molecule has 2 aromatic rings. The van der Waals surface area contributed by atoms with Gasteiger partial charge in [-0.15, -0.1) is 0 Å². The van der Waals surface area contributed by atoms with Crippen LogP contribution in [0.5, 0.6) is 0 Å². The summed E-state index contributed by atoms with van der Waals surface area (Å²) in [6.07, 6.45) is 1.27. The topological polar surface area (TPSA) is 57.6 Å². The van der Waals surface area contributed by atoms with Crippen molar-refractivity contribution in [1.29, 1.82) is 0 Å². The SMILES string of the molecule is O=C1c2ccccc2C(=O)N1CCc1ccc(CCO)cc1. The molecule has 2 aromatic carbocycles. The first-order chi connectivity index (χ1) is 10.7. The number of nitrogens with zero attached hydrogens (tertiary/aromatic N) is 1. The average molecular weight is 295 g/mol. The van der Waals surface area contributed by atoms with Gasteiger partial charge in [-0.2, -0.15) is 0 Å². The predicted octanol–water partition coefficient (Wildman–Crippen LogP) is 2.06. The van der Waals surface area contributed by atoms with Crippen molar-refractivity contribution in [3.63, 3.8) is 0 Å². The summed E-state index contributed by atoms with van der Waals surface area (Å²) in [5.74, 6) is -0.421. The lowest BCUT2D eigenvalue weighted by molar-refractivity contribution is 0.0656.